The standard InChI is InChI=1S/C15H31/c1-5-7-8-9-10-12-15(4)13-14(3)11-6-2/h13-15H,5-12H2,1-4H3. The molecule has 2 unspecified atom stereocenters. The smallest absolute Gasteiger partial charge is 0.0329 e. The van der Waals surface area contributed by atoms with E-state index in [1.165, 1.54) is 51.4 Å². The van der Waals surface area contributed by atoms with E-state index in [4.69, 9.17) is 0 Å². The first-order valence-electron chi connectivity index (χ1n) is 7.05. The van der Waals surface area contributed by atoms with Crippen molar-refractivity contribution in [3.8, 4) is 0 Å². The van der Waals surface area contributed by atoms with E-state index in [9.17, 15) is 0 Å². The third kappa shape index (κ3) is 10.3. The molecule has 0 aromatic heterocycles. The fourth-order valence-electron chi connectivity index (χ4n) is 2.28. The molecule has 0 N–H and O–H groups in total. The summed E-state index contributed by atoms with van der Waals surface area (Å²) in [5, 5.41) is 0. The molecule has 0 aliphatic heterocycles. The summed E-state index contributed by atoms with van der Waals surface area (Å²) in [4.78, 5) is 0. The van der Waals surface area contributed by atoms with Crippen LogP contribution in [0, 0.1) is 18.3 Å². The van der Waals surface area contributed by atoms with Gasteiger partial charge in [-0.2, -0.15) is 0 Å². The molecule has 91 valence electrons. The Bertz CT molecular complexity index is 117. The number of rotatable bonds is 10. The zero-order valence-electron chi connectivity index (χ0n) is 11.4. The van der Waals surface area contributed by atoms with Crippen LogP contribution in [0.5, 0.6) is 0 Å². The Morgan fingerprint density at radius 1 is 0.733 bits per heavy atom. The molecule has 0 aromatic rings. The quantitative estimate of drug-likeness (QED) is 0.411. The second-order valence-electron chi connectivity index (χ2n) is 5.14. The summed E-state index contributed by atoms with van der Waals surface area (Å²) >= 11 is 0. The summed E-state index contributed by atoms with van der Waals surface area (Å²) in [5.74, 6) is 1.65. The van der Waals surface area contributed by atoms with E-state index < -0.39 is 0 Å². The molecule has 0 bridgehead atoms. The number of hydrogen-bond donors (Lipinski definition) is 0. The van der Waals surface area contributed by atoms with Crippen LogP contribution in [-0.4, -0.2) is 0 Å². The molecule has 0 saturated heterocycles. The highest BCUT2D eigenvalue weighted by molar-refractivity contribution is 4.78. The van der Waals surface area contributed by atoms with Gasteiger partial charge in [0, 0.05) is 0 Å². The van der Waals surface area contributed by atoms with E-state index in [1.807, 2.05) is 0 Å². The van der Waals surface area contributed by atoms with Gasteiger partial charge in [0.25, 0.3) is 0 Å². The minimum absolute atomic E-state index is 0.820. The van der Waals surface area contributed by atoms with Crippen molar-refractivity contribution in [3.05, 3.63) is 6.42 Å². The van der Waals surface area contributed by atoms with Crippen LogP contribution in [-0.2, 0) is 0 Å². The first-order chi connectivity index (χ1) is 7.20. The van der Waals surface area contributed by atoms with Crippen molar-refractivity contribution in [1.82, 2.24) is 0 Å². The third-order valence-corrected chi connectivity index (χ3v) is 3.16. The monoisotopic (exact) mass is 211 g/mol. The van der Waals surface area contributed by atoms with E-state index in [0.717, 1.165) is 11.8 Å². The van der Waals surface area contributed by atoms with E-state index in [-0.39, 0.29) is 0 Å². The highest BCUT2D eigenvalue weighted by Gasteiger charge is 2.07. The SMILES string of the molecule is CCCCCCCC(C)[CH]C(C)CCC. The van der Waals surface area contributed by atoms with Crippen LogP contribution in [0.25, 0.3) is 0 Å². The van der Waals surface area contributed by atoms with Crippen LogP contribution in [0.15, 0.2) is 0 Å². The molecule has 15 heavy (non-hydrogen) atoms. The van der Waals surface area contributed by atoms with Gasteiger partial charge >= 0.3 is 0 Å². The molecule has 0 aliphatic rings. The summed E-state index contributed by atoms with van der Waals surface area (Å²) in [6.07, 6.45) is 13.7. The average molecular weight is 211 g/mol. The second kappa shape index (κ2) is 10.5. The molecule has 0 fully saturated rings. The first-order valence-corrected chi connectivity index (χ1v) is 7.05. The van der Waals surface area contributed by atoms with Crippen molar-refractivity contribution >= 4 is 0 Å². The molecule has 0 saturated carbocycles. The topological polar surface area (TPSA) is 0 Å². The minimum Gasteiger partial charge on any atom is -0.0654 e. The Balaban J connectivity index is 3.28. The normalized spacial score (nSPS) is 15.2. The highest BCUT2D eigenvalue weighted by atomic mass is 14.1. The van der Waals surface area contributed by atoms with Crippen molar-refractivity contribution in [2.24, 2.45) is 11.8 Å². The van der Waals surface area contributed by atoms with Crippen LogP contribution in [0.2, 0.25) is 0 Å². The van der Waals surface area contributed by atoms with Gasteiger partial charge in [-0.15, -0.1) is 0 Å². The van der Waals surface area contributed by atoms with Crippen molar-refractivity contribution in [2.45, 2.75) is 79.1 Å². The molecular formula is C15H31. The molecular weight excluding hydrogens is 180 g/mol. The summed E-state index contributed by atoms with van der Waals surface area (Å²) < 4.78 is 0. The summed E-state index contributed by atoms with van der Waals surface area (Å²) in [6.45, 7) is 9.30. The van der Waals surface area contributed by atoms with Crippen molar-refractivity contribution in [1.29, 1.82) is 0 Å². The van der Waals surface area contributed by atoms with Crippen LogP contribution in [0.1, 0.15) is 79.1 Å². The maximum atomic E-state index is 2.56. The highest BCUT2D eigenvalue weighted by Crippen LogP contribution is 2.20. The lowest BCUT2D eigenvalue weighted by molar-refractivity contribution is 0.464. The summed E-state index contributed by atoms with van der Waals surface area (Å²) in [5.41, 5.74) is 0. The zero-order chi connectivity index (χ0) is 11.5. The third-order valence-electron chi connectivity index (χ3n) is 3.16. The largest absolute Gasteiger partial charge is 0.0654 e. The average Bonchev–Trinajstić information content (AvgIpc) is 2.17. The molecule has 0 aromatic carbocycles. The van der Waals surface area contributed by atoms with Gasteiger partial charge in [-0.3, -0.25) is 0 Å². The Morgan fingerprint density at radius 2 is 1.33 bits per heavy atom. The van der Waals surface area contributed by atoms with Gasteiger partial charge in [-0.25, -0.2) is 0 Å². The number of hydrogen-bond acceptors (Lipinski definition) is 0. The number of unbranched alkanes of at least 4 members (excludes halogenated alkanes) is 4. The molecule has 0 heterocycles. The van der Waals surface area contributed by atoms with Crippen molar-refractivity contribution < 1.29 is 0 Å². The lowest BCUT2D eigenvalue weighted by Crippen LogP contribution is -2.04. The fourth-order valence-corrected chi connectivity index (χ4v) is 2.28. The molecule has 2 atom stereocenters. The summed E-state index contributed by atoms with van der Waals surface area (Å²) in [6, 6.07) is 0. The van der Waals surface area contributed by atoms with Crippen molar-refractivity contribution in [3.63, 3.8) is 0 Å². The Kier molecular flexibility index (Phi) is 10.5. The molecule has 1 radical (unpaired) electrons. The van der Waals surface area contributed by atoms with Gasteiger partial charge in [0.2, 0.25) is 0 Å². The van der Waals surface area contributed by atoms with Gasteiger partial charge in [0.05, 0.1) is 0 Å². The van der Waals surface area contributed by atoms with Gasteiger partial charge in [0.1, 0.15) is 0 Å². The van der Waals surface area contributed by atoms with Crippen LogP contribution in [0.3, 0.4) is 0 Å². The Morgan fingerprint density at radius 3 is 1.93 bits per heavy atom. The van der Waals surface area contributed by atoms with E-state index in [2.05, 4.69) is 34.1 Å². The fraction of sp³-hybridized carbons (Fsp3) is 0.933. The molecule has 0 rings (SSSR count). The molecule has 0 amide bonds. The van der Waals surface area contributed by atoms with Gasteiger partial charge < -0.3 is 0 Å². The zero-order valence-corrected chi connectivity index (χ0v) is 11.4. The van der Waals surface area contributed by atoms with Crippen molar-refractivity contribution in [2.75, 3.05) is 0 Å². The van der Waals surface area contributed by atoms with E-state index in [0.29, 0.717) is 0 Å². The Labute approximate surface area is 97.8 Å². The van der Waals surface area contributed by atoms with Crippen LogP contribution >= 0.6 is 0 Å². The van der Waals surface area contributed by atoms with Gasteiger partial charge in [0.15, 0.2) is 0 Å². The van der Waals surface area contributed by atoms with Crippen LogP contribution < -0.4 is 0 Å². The maximum Gasteiger partial charge on any atom is -0.0329 e. The predicted octanol–water partition coefficient (Wildman–Crippen LogP) is 5.62. The van der Waals surface area contributed by atoms with Gasteiger partial charge in [-0.05, 0) is 18.3 Å². The van der Waals surface area contributed by atoms with Crippen LogP contribution in [0.4, 0.5) is 0 Å². The first kappa shape index (κ1) is 15.0. The Hall–Kier alpha value is 0. The molecule has 0 heteroatoms. The van der Waals surface area contributed by atoms with E-state index in [1.54, 1.807) is 0 Å². The van der Waals surface area contributed by atoms with E-state index >= 15 is 0 Å². The maximum absolute atomic E-state index is 2.56. The van der Waals surface area contributed by atoms with Gasteiger partial charge in [-0.1, -0.05) is 79.1 Å². The molecule has 0 aliphatic carbocycles. The predicted molar refractivity (Wildman–Crippen MR) is 70.9 cm³/mol. The molecule has 0 nitrogen and oxygen atoms in total. The summed E-state index contributed by atoms with van der Waals surface area (Å²) in [7, 11) is 0. The minimum atomic E-state index is 0.820. The lowest BCUT2D eigenvalue weighted by atomic mass is 9.90. The lowest BCUT2D eigenvalue weighted by Gasteiger charge is -2.16. The second-order valence-corrected chi connectivity index (χ2v) is 5.14. The molecule has 0 spiro atoms.